The predicted octanol–water partition coefficient (Wildman–Crippen LogP) is 1.60. The number of amides is 1. The number of rotatable bonds is 1. The Balaban J connectivity index is 2.73. The van der Waals surface area contributed by atoms with E-state index in [-0.39, 0.29) is 10.7 Å². The zero-order chi connectivity index (χ0) is 9.35. The molecule has 0 N–H and O–H groups in total. The van der Waals surface area contributed by atoms with E-state index < -0.39 is 0 Å². The molecule has 0 aromatic rings. The van der Waals surface area contributed by atoms with E-state index in [0.717, 1.165) is 9.28 Å². The standard InChI is InChI=1S/C7H11NOS3/c1-7(5(9)8(2)3)4-11-6(10)12-7/h4H2,1-3H3/t7-/m1/s1. The van der Waals surface area contributed by atoms with Crippen molar-refractivity contribution in [1.82, 2.24) is 4.90 Å². The minimum atomic E-state index is -0.328. The van der Waals surface area contributed by atoms with Crippen molar-refractivity contribution in [3.05, 3.63) is 0 Å². The number of carbonyl (C=O) groups is 1. The van der Waals surface area contributed by atoms with E-state index in [9.17, 15) is 4.79 Å². The normalized spacial score (nSPS) is 29.1. The summed E-state index contributed by atoms with van der Waals surface area (Å²) in [5.41, 5.74) is 0. The molecule has 0 spiro atoms. The van der Waals surface area contributed by atoms with Gasteiger partial charge in [-0.3, -0.25) is 4.79 Å². The van der Waals surface area contributed by atoms with E-state index in [0.29, 0.717) is 0 Å². The van der Waals surface area contributed by atoms with E-state index >= 15 is 0 Å². The van der Waals surface area contributed by atoms with E-state index in [1.165, 1.54) is 11.8 Å². The summed E-state index contributed by atoms with van der Waals surface area (Å²) >= 11 is 8.13. The zero-order valence-corrected chi connectivity index (χ0v) is 9.74. The molecule has 2 nitrogen and oxygen atoms in total. The van der Waals surface area contributed by atoms with Crippen LogP contribution in [0.1, 0.15) is 6.92 Å². The lowest BCUT2D eigenvalue weighted by molar-refractivity contribution is -0.130. The molecule has 1 fully saturated rings. The van der Waals surface area contributed by atoms with Crippen molar-refractivity contribution in [2.24, 2.45) is 0 Å². The molecule has 1 atom stereocenters. The highest BCUT2D eigenvalue weighted by Gasteiger charge is 2.41. The van der Waals surface area contributed by atoms with Crippen LogP contribution in [0.15, 0.2) is 0 Å². The van der Waals surface area contributed by atoms with Gasteiger partial charge in [0.15, 0.2) is 0 Å². The van der Waals surface area contributed by atoms with Crippen LogP contribution in [0, 0.1) is 0 Å². The number of hydrogen-bond acceptors (Lipinski definition) is 4. The molecular formula is C7H11NOS3. The Kier molecular flexibility index (Phi) is 3.06. The first-order valence-electron chi connectivity index (χ1n) is 3.53. The van der Waals surface area contributed by atoms with Crippen molar-refractivity contribution in [1.29, 1.82) is 0 Å². The molecule has 1 rings (SSSR count). The Labute approximate surface area is 86.4 Å². The van der Waals surface area contributed by atoms with E-state index in [1.54, 1.807) is 30.8 Å². The molecule has 0 aliphatic carbocycles. The lowest BCUT2D eigenvalue weighted by Crippen LogP contribution is -2.41. The summed E-state index contributed by atoms with van der Waals surface area (Å²) < 4.78 is 0.554. The maximum absolute atomic E-state index is 11.6. The van der Waals surface area contributed by atoms with Gasteiger partial charge in [-0.25, -0.2) is 0 Å². The van der Waals surface area contributed by atoms with Crippen LogP contribution in [0.4, 0.5) is 0 Å². The molecule has 1 aliphatic heterocycles. The van der Waals surface area contributed by atoms with E-state index in [2.05, 4.69) is 0 Å². The minimum Gasteiger partial charge on any atom is -0.348 e. The van der Waals surface area contributed by atoms with Crippen molar-refractivity contribution in [3.63, 3.8) is 0 Å². The highest BCUT2D eigenvalue weighted by Crippen LogP contribution is 2.42. The highest BCUT2D eigenvalue weighted by molar-refractivity contribution is 8.50. The molecule has 1 amide bonds. The first-order valence-corrected chi connectivity index (χ1v) is 5.74. The summed E-state index contributed by atoms with van der Waals surface area (Å²) in [7, 11) is 3.56. The molecule has 68 valence electrons. The predicted molar refractivity (Wildman–Crippen MR) is 59.7 cm³/mol. The Morgan fingerprint density at radius 1 is 1.67 bits per heavy atom. The Morgan fingerprint density at radius 2 is 2.25 bits per heavy atom. The fourth-order valence-electron chi connectivity index (χ4n) is 1.02. The van der Waals surface area contributed by atoms with Gasteiger partial charge in [-0.15, -0.1) is 11.8 Å². The van der Waals surface area contributed by atoms with Crippen molar-refractivity contribution >= 4 is 45.2 Å². The highest BCUT2D eigenvalue weighted by atomic mass is 32.2. The molecule has 0 bridgehead atoms. The van der Waals surface area contributed by atoms with Crippen LogP contribution in [-0.2, 0) is 4.79 Å². The first-order chi connectivity index (χ1) is 5.46. The number of thioether (sulfide) groups is 2. The lowest BCUT2D eigenvalue weighted by atomic mass is 10.2. The third-order valence-electron chi connectivity index (χ3n) is 1.63. The molecule has 0 unspecified atom stereocenters. The fraction of sp³-hybridized carbons (Fsp3) is 0.714. The van der Waals surface area contributed by atoms with Gasteiger partial charge in [0.1, 0.15) is 8.28 Å². The Morgan fingerprint density at radius 3 is 2.58 bits per heavy atom. The zero-order valence-electron chi connectivity index (χ0n) is 7.29. The molecule has 0 aromatic carbocycles. The van der Waals surface area contributed by atoms with Crippen molar-refractivity contribution < 1.29 is 4.79 Å². The third kappa shape index (κ3) is 1.95. The molecule has 1 heterocycles. The average molecular weight is 221 g/mol. The van der Waals surface area contributed by atoms with Crippen LogP contribution < -0.4 is 0 Å². The van der Waals surface area contributed by atoms with Crippen LogP contribution in [0.3, 0.4) is 0 Å². The van der Waals surface area contributed by atoms with Gasteiger partial charge in [0.05, 0.1) is 0 Å². The summed E-state index contributed by atoms with van der Waals surface area (Å²) in [5, 5.41) is 0. The van der Waals surface area contributed by atoms with Gasteiger partial charge in [-0.2, -0.15) is 0 Å². The van der Waals surface area contributed by atoms with Gasteiger partial charge in [0.2, 0.25) is 5.91 Å². The summed E-state index contributed by atoms with van der Waals surface area (Å²) in [6.07, 6.45) is 0. The van der Waals surface area contributed by atoms with Crippen LogP contribution in [0.25, 0.3) is 0 Å². The first kappa shape index (κ1) is 10.3. The van der Waals surface area contributed by atoms with Gasteiger partial charge in [-0.1, -0.05) is 24.0 Å². The Hall–Kier alpha value is 0.260. The summed E-state index contributed by atoms with van der Waals surface area (Å²) in [4.78, 5) is 13.3. The molecule has 0 radical (unpaired) electrons. The van der Waals surface area contributed by atoms with Crippen LogP contribution >= 0.6 is 35.7 Å². The molecule has 1 aliphatic rings. The van der Waals surface area contributed by atoms with Gasteiger partial charge < -0.3 is 4.90 Å². The van der Waals surface area contributed by atoms with Crippen molar-refractivity contribution in [2.75, 3.05) is 19.8 Å². The second-order valence-electron chi connectivity index (χ2n) is 3.07. The number of nitrogens with zero attached hydrogens (tertiary/aromatic N) is 1. The molecule has 0 saturated carbocycles. The Bertz CT molecular complexity index is 229. The number of carbonyl (C=O) groups excluding carboxylic acids is 1. The quantitative estimate of drug-likeness (QED) is 0.627. The second-order valence-corrected chi connectivity index (χ2v) is 6.75. The smallest absolute Gasteiger partial charge is 0.239 e. The molecular weight excluding hydrogens is 210 g/mol. The number of thiocarbonyl (C=S) groups is 1. The molecule has 1 saturated heterocycles. The fourth-order valence-corrected chi connectivity index (χ4v) is 4.28. The molecule has 12 heavy (non-hydrogen) atoms. The SMILES string of the molecule is CN(C)C(=O)[C@@]1(C)CSC(=S)S1. The summed E-state index contributed by atoms with van der Waals surface area (Å²) in [6, 6.07) is 0. The monoisotopic (exact) mass is 221 g/mol. The van der Waals surface area contributed by atoms with Crippen molar-refractivity contribution in [3.8, 4) is 0 Å². The average Bonchev–Trinajstić information content (AvgIpc) is 2.31. The van der Waals surface area contributed by atoms with Crippen LogP contribution in [0.2, 0.25) is 0 Å². The largest absolute Gasteiger partial charge is 0.348 e. The second kappa shape index (κ2) is 3.55. The van der Waals surface area contributed by atoms with Gasteiger partial charge in [0.25, 0.3) is 0 Å². The summed E-state index contributed by atoms with van der Waals surface area (Å²) in [5.74, 6) is 0.952. The van der Waals surface area contributed by atoms with Gasteiger partial charge >= 0.3 is 0 Å². The maximum Gasteiger partial charge on any atom is 0.239 e. The topological polar surface area (TPSA) is 20.3 Å². The van der Waals surface area contributed by atoms with Crippen LogP contribution in [-0.4, -0.2) is 38.9 Å². The van der Waals surface area contributed by atoms with Crippen LogP contribution in [0.5, 0.6) is 0 Å². The third-order valence-corrected chi connectivity index (χ3v) is 4.92. The molecule has 5 heteroatoms. The van der Waals surface area contributed by atoms with Crippen molar-refractivity contribution in [2.45, 2.75) is 11.7 Å². The van der Waals surface area contributed by atoms with Gasteiger partial charge in [-0.05, 0) is 6.92 Å². The summed E-state index contributed by atoms with van der Waals surface area (Å²) in [6.45, 7) is 1.95. The van der Waals surface area contributed by atoms with E-state index in [1.807, 2.05) is 6.92 Å². The number of hydrogen-bond donors (Lipinski definition) is 0. The lowest BCUT2D eigenvalue weighted by Gasteiger charge is -2.23. The molecule has 0 aromatic heterocycles. The van der Waals surface area contributed by atoms with E-state index in [4.69, 9.17) is 12.2 Å². The minimum absolute atomic E-state index is 0.153. The maximum atomic E-state index is 11.6. The van der Waals surface area contributed by atoms with Gasteiger partial charge in [0, 0.05) is 19.8 Å².